The van der Waals surface area contributed by atoms with Crippen molar-refractivity contribution in [2.75, 3.05) is 10.6 Å². The molecule has 28 heavy (non-hydrogen) atoms. The number of carbonyl (C=O) groups is 2. The summed E-state index contributed by atoms with van der Waals surface area (Å²) in [6, 6.07) is 14.7. The molecule has 144 valence electrons. The van der Waals surface area contributed by atoms with Crippen molar-refractivity contribution in [3.63, 3.8) is 0 Å². The Morgan fingerprint density at radius 1 is 1.00 bits per heavy atom. The Kier molecular flexibility index (Phi) is 6.23. The summed E-state index contributed by atoms with van der Waals surface area (Å²) in [5, 5.41) is 6.22. The smallest absolute Gasteiger partial charge is 0.291 e. The van der Waals surface area contributed by atoms with E-state index < -0.39 is 6.10 Å². The zero-order chi connectivity index (χ0) is 20.1. The fraction of sp³-hybridized carbons (Fsp3) is 0.100. The number of carbonyl (C=O) groups excluding carboxylic acids is 2. The first-order chi connectivity index (χ1) is 13.4. The number of hydrogen-bond acceptors (Lipinski definition) is 4. The van der Waals surface area contributed by atoms with Gasteiger partial charge in [-0.05, 0) is 55.5 Å². The van der Waals surface area contributed by atoms with Crippen molar-refractivity contribution in [1.29, 1.82) is 0 Å². The zero-order valence-electron chi connectivity index (χ0n) is 14.7. The minimum Gasteiger partial charge on any atom is -0.479 e. The van der Waals surface area contributed by atoms with E-state index in [1.165, 1.54) is 12.3 Å². The van der Waals surface area contributed by atoms with Gasteiger partial charge < -0.3 is 19.8 Å². The van der Waals surface area contributed by atoms with Gasteiger partial charge in [0.1, 0.15) is 5.75 Å². The molecule has 0 saturated carbocycles. The van der Waals surface area contributed by atoms with Gasteiger partial charge in [-0.2, -0.15) is 0 Å². The summed E-state index contributed by atoms with van der Waals surface area (Å²) in [4.78, 5) is 24.4. The molecule has 0 unspecified atom stereocenters. The molecule has 0 aliphatic rings. The van der Waals surface area contributed by atoms with Gasteiger partial charge in [0.2, 0.25) is 0 Å². The summed E-state index contributed by atoms with van der Waals surface area (Å²) >= 11 is 11.9. The Bertz CT molecular complexity index is 990. The number of amides is 2. The molecule has 0 fully saturated rings. The lowest BCUT2D eigenvalue weighted by molar-refractivity contribution is -0.122. The number of rotatable bonds is 6. The van der Waals surface area contributed by atoms with E-state index in [-0.39, 0.29) is 17.6 Å². The van der Waals surface area contributed by atoms with Crippen LogP contribution in [0.25, 0.3) is 0 Å². The Hall–Kier alpha value is -2.96. The molecule has 0 aliphatic carbocycles. The van der Waals surface area contributed by atoms with E-state index in [1.807, 2.05) is 0 Å². The molecule has 2 aromatic carbocycles. The van der Waals surface area contributed by atoms with Gasteiger partial charge >= 0.3 is 0 Å². The van der Waals surface area contributed by atoms with Crippen LogP contribution < -0.4 is 15.4 Å². The van der Waals surface area contributed by atoms with Crippen LogP contribution >= 0.6 is 23.2 Å². The molecule has 3 aromatic rings. The minimum atomic E-state index is -0.806. The maximum Gasteiger partial charge on any atom is 0.291 e. The van der Waals surface area contributed by atoms with Gasteiger partial charge in [0.05, 0.1) is 11.3 Å². The lowest BCUT2D eigenvalue weighted by Crippen LogP contribution is -2.30. The highest BCUT2D eigenvalue weighted by molar-refractivity contribution is 6.35. The number of nitrogens with one attached hydrogen (secondary N) is 2. The number of anilines is 2. The molecule has 2 N–H and O–H groups in total. The van der Waals surface area contributed by atoms with Crippen LogP contribution in [0.2, 0.25) is 10.0 Å². The van der Waals surface area contributed by atoms with E-state index in [1.54, 1.807) is 55.5 Å². The van der Waals surface area contributed by atoms with Crippen molar-refractivity contribution < 1.29 is 18.7 Å². The predicted molar refractivity (Wildman–Crippen MR) is 108 cm³/mol. The number of halogens is 2. The second-order valence-electron chi connectivity index (χ2n) is 5.84. The first kappa shape index (κ1) is 19.8. The lowest BCUT2D eigenvalue weighted by Gasteiger charge is -2.16. The van der Waals surface area contributed by atoms with Crippen molar-refractivity contribution in [3.8, 4) is 5.75 Å². The van der Waals surface area contributed by atoms with E-state index >= 15 is 0 Å². The van der Waals surface area contributed by atoms with E-state index in [4.69, 9.17) is 32.4 Å². The van der Waals surface area contributed by atoms with Gasteiger partial charge in [0, 0.05) is 16.4 Å². The molecule has 3 rings (SSSR count). The Labute approximate surface area is 171 Å². The average Bonchev–Trinajstić information content (AvgIpc) is 3.19. The highest BCUT2D eigenvalue weighted by atomic mass is 35.5. The third kappa shape index (κ3) is 5.06. The molecule has 1 aromatic heterocycles. The third-order valence-electron chi connectivity index (χ3n) is 3.70. The molecule has 8 heteroatoms. The zero-order valence-corrected chi connectivity index (χ0v) is 16.3. The largest absolute Gasteiger partial charge is 0.479 e. The summed E-state index contributed by atoms with van der Waals surface area (Å²) in [6.07, 6.45) is 0.611. The summed E-state index contributed by atoms with van der Waals surface area (Å²) in [5.74, 6) is -0.215. The van der Waals surface area contributed by atoms with E-state index in [0.717, 1.165) is 0 Å². The quantitative estimate of drug-likeness (QED) is 0.572. The molecule has 0 spiro atoms. The van der Waals surface area contributed by atoms with Gasteiger partial charge in [-0.25, -0.2) is 0 Å². The summed E-state index contributed by atoms with van der Waals surface area (Å²) < 4.78 is 10.6. The molecular weight excluding hydrogens is 403 g/mol. The lowest BCUT2D eigenvalue weighted by atomic mass is 10.2. The number of ether oxygens (including phenoxy) is 1. The van der Waals surface area contributed by atoms with Crippen molar-refractivity contribution in [2.45, 2.75) is 13.0 Å². The van der Waals surface area contributed by atoms with Crippen molar-refractivity contribution in [1.82, 2.24) is 0 Å². The summed E-state index contributed by atoms with van der Waals surface area (Å²) in [7, 11) is 0. The van der Waals surface area contributed by atoms with Crippen LogP contribution in [0.5, 0.6) is 5.75 Å². The third-order valence-corrected chi connectivity index (χ3v) is 4.23. The van der Waals surface area contributed by atoms with Gasteiger partial charge in [-0.1, -0.05) is 29.3 Å². The Balaban J connectivity index is 1.62. The summed E-state index contributed by atoms with van der Waals surface area (Å²) in [5.41, 5.74) is 1.01. The molecule has 0 bridgehead atoms. The predicted octanol–water partition coefficient (Wildman–Crippen LogP) is 5.24. The molecule has 0 saturated heterocycles. The highest BCUT2D eigenvalue weighted by Crippen LogP contribution is 2.28. The standard InChI is InChI=1S/C20H16Cl2N2O4/c1-12(28-17-8-7-13(21)10-16(17)22)19(25)23-14-4-2-5-15(11-14)24-20(26)18-6-3-9-27-18/h2-12H,1H3,(H,23,25)(H,24,26)/t12-/m1/s1. The van der Waals surface area contributed by atoms with Crippen molar-refractivity contribution in [2.24, 2.45) is 0 Å². The normalized spacial score (nSPS) is 11.5. The monoisotopic (exact) mass is 418 g/mol. The maximum atomic E-state index is 12.4. The molecule has 1 atom stereocenters. The number of furan rings is 1. The Morgan fingerprint density at radius 3 is 2.43 bits per heavy atom. The molecule has 2 amide bonds. The van der Waals surface area contributed by atoms with Crippen LogP contribution in [-0.4, -0.2) is 17.9 Å². The van der Waals surface area contributed by atoms with Crippen LogP contribution in [0.4, 0.5) is 11.4 Å². The fourth-order valence-electron chi connectivity index (χ4n) is 2.33. The molecule has 1 heterocycles. The highest BCUT2D eigenvalue weighted by Gasteiger charge is 2.17. The van der Waals surface area contributed by atoms with E-state index in [2.05, 4.69) is 10.6 Å². The minimum absolute atomic E-state index is 0.191. The van der Waals surface area contributed by atoms with Crippen LogP contribution in [0.3, 0.4) is 0 Å². The van der Waals surface area contributed by atoms with E-state index in [0.29, 0.717) is 27.2 Å². The van der Waals surface area contributed by atoms with Crippen LogP contribution in [0, 0.1) is 0 Å². The van der Waals surface area contributed by atoms with Crippen molar-refractivity contribution in [3.05, 3.63) is 76.7 Å². The topological polar surface area (TPSA) is 80.6 Å². The van der Waals surface area contributed by atoms with Crippen molar-refractivity contribution >= 4 is 46.4 Å². The molecule has 0 radical (unpaired) electrons. The molecule has 0 aliphatic heterocycles. The first-order valence-corrected chi connectivity index (χ1v) is 9.05. The first-order valence-electron chi connectivity index (χ1n) is 8.30. The van der Waals surface area contributed by atoms with Gasteiger partial charge in [0.25, 0.3) is 11.8 Å². The van der Waals surface area contributed by atoms with Gasteiger partial charge in [-0.15, -0.1) is 0 Å². The molecular formula is C20H16Cl2N2O4. The second-order valence-corrected chi connectivity index (χ2v) is 6.68. The van der Waals surface area contributed by atoms with E-state index in [9.17, 15) is 9.59 Å². The Morgan fingerprint density at radius 2 is 1.75 bits per heavy atom. The maximum absolute atomic E-state index is 12.4. The van der Waals surface area contributed by atoms with Crippen LogP contribution in [0.15, 0.2) is 65.3 Å². The second kappa shape index (κ2) is 8.82. The van der Waals surface area contributed by atoms with Crippen LogP contribution in [-0.2, 0) is 4.79 Å². The number of hydrogen-bond donors (Lipinski definition) is 2. The van der Waals surface area contributed by atoms with Gasteiger partial charge in [-0.3, -0.25) is 9.59 Å². The van der Waals surface area contributed by atoms with Crippen LogP contribution in [0.1, 0.15) is 17.5 Å². The molecule has 6 nitrogen and oxygen atoms in total. The SMILES string of the molecule is C[C@@H](Oc1ccc(Cl)cc1Cl)C(=O)Nc1cccc(NC(=O)c2ccco2)c1. The number of benzene rings is 2. The van der Waals surface area contributed by atoms with Gasteiger partial charge in [0.15, 0.2) is 11.9 Å². The fourth-order valence-corrected chi connectivity index (χ4v) is 2.79. The summed E-state index contributed by atoms with van der Waals surface area (Å²) in [6.45, 7) is 1.60. The average molecular weight is 419 g/mol.